The number of hydrogen-bond donors (Lipinski definition) is 1. The molecule has 0 amide bonds. The summed E-state index contributed by atoms with van der Waals surface area (Å²) in [6.45, 7) is 7.34. The topological polar surface area (TPSA) is 20.2 Å². The number of unbranched alkanes of at least 4 members (excludes halogenated alkanes) is 3. The lowest BCUT2D eigenvalue weighted by Crippen LogP contribution is -2.10. The molecule has 0 saturated heterocycles. The molecule has 0 atom stereocenters. The van der Waals surface area contributed by atoms with E-state index in [1.165, 1.54) is 38.5 Å². The maximum Gasteiger partial charge on any atom is 0.0431 e. The van der Waals surface area contributed by atoms with Crippen LogP contribution < -0.4 is 0 Å². The maximum absolute atomic E-state index is 8.61. The van der Waals surface area contributed by atoms with Gasteiger partial charge in [0.1, 0.15) is 0 Å². The van der Waals surface area contributed by atoms with E-state index in [-0.39, 0.29) is 0 Å². The van der Waals surface area contributed by atoms with E-state index in [2.05, 4.69) is 20.8 Å². The van der Waals surface area contributed by atoms with E-state index in [4.69, 9.17) is 5.11 Å². The molecule has 0 bridgehead atoms. The van der Waals surface area contributed by atoms with Gasteiger partial charge in [-0.1, -0.05) is 46.5 Å². The van der Waals surface area contributed by atoms with Crippen molar-refractivity contribution in [2.45, 2.75) is 65.7 Å². The van der Waals surface area contributed by atoms with E-state index in [1.807, 2.05) is 0 Å². The van der Waals surface area contributed by atoms with Crippen molar-refractivity contribution >= 4 is 0 Å². The van der Waals surface area contributed by atoms with Crippen LogP contribution in [0, 0.1) is 5.41 Å². The first-order chi connectivity index (χ1) is 6.12. The van der Waals surface area contributed by atoms with Crippen LogP contribution in [0.5, 0.6) is 0 Å². The molecule has 0 aromatic rings. The summed E-state index contributed by atoms with van der Waals surface area (Å²) >= 11 is 0. The van der Waals surface area contributed by atoms with Crippen molar-refractivity contribution in [3.8, 4) is 0 Å². The number of hydrogen-bond acceptors (Lipinski definition) is 1. The lowest BCUT2D eigenvalue weighted by molar-refractivity contribution is 0.271. The molecule has 1 nitrogen and oxygen atoms in total. The highest BCUT2D eigenvalue weighted by molar-refractivity contribution is 4.67. The summed E-state index contributed by atoms with van der Waals surface area (Å²) in [5.41, 5.74) is 0.536. The van der Waals surface area contributed by atoms with Gasteiger partial charge in [0.05, 0.1) is 0 Å². The zero-order chi connectivity index (χ0) is 10.2. The smallest absolute Gasteiger partial charge is 0.0431 e. The van der Waals surface area contributed by atoms with E-state index in [0.717, 1.165) is 6.42 Å². The lowest BCUT2D eigenvalue weighted by Gasteiger charge is -2.23. The maximum atomic E-state index is 8.61. The van der Waals surface area contributed by atoms with Crippen LogP contribution in [-0.4, -0.2) is 11.7 Å². The predicted octanol–water partition coefficient (Wildman–Crippen LogP) is 3.76. The SMILES string of the molecule is CCCC(C)(C)CCCCCCO. The zero-order valence-corrected chi connectivity index (χ0v) is 9.60. The molecule has 0 aromatic carbocycles. The molecule has 0 unspecified atom stereocenters. The Hall–Kier alpha value is -0.0400. The standard InChI is InChI=1S/C12H26O/c1-4-9-12(2,3)10-7-5-6-8-11-13/h13H,4-11H2,1-3H3. The van der Waals surface area contributed by atoms with Crippen LogP contribution in [-0.2, 0) is 0 Å². The first-order valence-electron chi connectivity index (χ1n) is 5.73. The molecule has 1 heteroatoms. The summed E-state index contributed by atoms with van der Waals surface area (Å²) in [7, 11) is 0. The van der Waals surface area contributed by atoms with E-state index in [1.54, 1.807) is 0 Å². The number of aliphatic hydroxyl groups excluding tert-OH is 1. The summed E-state index contributed by atoms with van der Waals surface area (Å²) in [6, 6.07) is 0. The molecule has 0 heterocycles. The second-order valence-corrected chi connectivity index (χ2v) is 4.80. The van der Waals surface area contributed by atoms with Gasteiger partial charge in [0.15, 0.2) is 0 Å². The van der Waals surface area contributed by atoms with Crippen LogP contribution in [0.25, 0.3) is 0 Å². The Bertz CT molecular complexity index is 108. The van der Waals surface area contributed by atoms with Gasteiger partial charge in [-0.3, -0.25) is 0 Å². The predicted molar refractivity (Wildman–Crippen MR) is 58.9 cm³/mol. The lowest BCUT2D eigenvalue weighted by atomic mass is 9.83. The van der Waals surface area contributed by atoms with Gasteiger partial charge in [0.2, 0.25) is 0 Å². The highest BCUT2D eigenvalue weighted by Crippen LogP contribution is 2.28. The van der Waals surface area contributed by atoms with Crippen LogP contribution in [0.2, 0.25) is 0 Å². The van der Waals surface area contributed by atoms with Crippen LogP contribution in [0.3, 0.4) is 0 Å². The molecular weight excluding hydrogens is 160 g/mol. The molecular formula is C12H26O. The van der Waals surface area contributed by atoms with Gasteiger partial charge < -0.3 is 5.11 Å². The third kappa shape index (κ3) is 8.29. The summed E-state index contributed by atoms with van der Waals surface area (Å²) < 4.78 is 0. The Morgan fingerprint density at radius 2 is 1.54 bits per heavy atom. The Kier molecular flexibility index (Phi) is 7.35. The zero-order valence-electron chi connectivity index (χ0n) is 9.60. The highest BCUT2D eigenvalue weighted by atomic mass is 16.2. The minimum absolute atomic E-state index is 0.359. The molecule has 0 aromatic heterocycles. The van der Waals surface area contributed by atoms with Gasteiger partial charge in [-0.05, 0) is 24.7 Å². The fourth-order valence-corrected chi connectivity index (χ4v) is 1.87. The van der Waals surface area contributed by atoms with Crippen LogP contribution in [0.15, 0.2) is 0 Å². The first kappa shape index (κ1) is 13.0. The summed E-state index contributed by atoms with van der Waals surface area (Å²) in [4.78, 5) is 0. The Morgan fingerprint density at radius 1 is 0.923 bits per heavy atom. The molecule has 0 spiro atoms. The van der Waals surface area contributed by atoms with Gasteiger partial charge in [0.25, 0.3) is 0 Å². The molecule has 0 saturated carbocycles. The fourth-order valence-electron chi connectivity index (χ4n) is 1.87. The normalized spacial score (nSPS) is 12.0. The summed E-state index contributed by atoms with van der Waals surface area (Å²) in [5, 5.41) is 8.61. The van der Waals surface area contributed by atoms with E-state index < -0.39 is 0 Å². The van der Waals surface area contributed by atoms with Crippen molar-refractivity contribution in [1.29, 1.82) is 0 Å². The molecule has 0 fully saturated rings. The average molecular weight is 186 g/mol. The van der Waals surface area contributed by atoms with Crippen molar-refractivity contribution in [2.75, 3.05) is 6.61 Å². The second kappa shape index (κ2) is 7.37. The highest BCUT2D eigenvalue weighted by Gasteiger charge is 2.15. The Labute approximate surface area is 83.5 Å². The van der Waals surface area contributed by atoms with Crippen LogP contribution in [0.1, 0.15) is 65.7 Å². The van der Waals surface area contributed by atoms with Crippen molar-refractivity contribution in [3.63, 3.8) is 0 Å². The third-order valence-electron chi connectivity index (χ3n) is 2.69. The summed E-state index contributed by atoms with van der Waals surface area (Å²) in [6.07, 6.45) is 8.76. The second-order valence-electron chi connectivity index (χ2n) is 4.80. The molecule has 0 rings (SSSR count). The molecule has 0 radical (unpaired) electrons. The Balaban J connectivity index is 3.29. The van der Waals surface area contributed by atoms with Crippen molar-refractivity contribution in [1.82, 2.24) is 0 Å². The summed E-state index contributed by atoms with van der Waals surface area (Å²) in [5.74, 6) is 0. The minimum Gasteiger partial charge on any atom is -0.396 e. The third-order valence-corrected chi connectivity index (χ3v) is 2.69. The Morgan fingerprint density at radius 3 is 2.08 bits per heavy atom. The van der Waals surface area contributed by atoms with E-state index in [9.17, 15) is 0 Å². The monoisotopic (exact) mass is 186 g/mol. The molecule has 80 valence electrons. The van der Waals surface area contributed by atoms with Gasteiger partial charge in [-0.2, -0.15) is 0 Å². The van der Waals surface area contributed by atoms with E-state index in [0.29, 0.717) is 12.0 Å². The molecule has 13 heavy (non-hydrogen) atoms. The number of rotatable bonds is 8. The van der Waals surface area contributed by atoms with Crippen molar-refractivity contribution in [2.24, 2.45) is 5.41 Å². The minimum atomic E-state index is 0.359. The van der Waals surface area contributed by atoms with Crippen LogP contribution in [0.4, 0.5) is 0 Å². The van der Waals surface area contributed by atoms with Crippen LogP contribution >= 0.6 is 0 Å². The average Bonchev–Trinajstić information content (AvgIpc) is 2.04. The molecule has 1 N–H and O–H groups in total. The van der Waals surface area contributed by atoms with Gasteiger partial charge in [0, 0.05) is 6.61 Å². The van der Waals surface area contributed by atoms with Gasteiger partial charge >= 0.3 is 0 Å². The molecule has 0 aliphatic carbocycles. The fraction of sp³-hybridized carbons (Fsp3) is 1.00. The molecule has 0 aliphatic rings. The van der Waals surface area contributed by atoms with Crippen molar-refractivity contribution < 1.29 is 5.11 Å². The quantitative estimate of drug-likeness (QED) is 0.572. The van der Waals surface area contributed by atoms with Crippen molar-refractivity contribution in [3.05, 3.63) is 0 Å². The number of aliphatic hydroxyl groups is 1. The largest absolute Gasteiger partial charge is 0.396 e. The van der Waals surface area contributed by atoms with Gasteiger partial charge in [-0.25, -0.2) is 0 Å². The molecule has 0 aliphatic heterocycles. The van der Waals surface area contributed by atoms with E-state index >= 15 is 0 Å². The van der Waals surface area contributed by atoms with Gasteiger partial charge in [-0.15, -0.1) is 0 Å². The first-order valence-corrected chi connectivity index (χ1v) is 5.73.